The molecule has 0 saturated carbocycles. The van der Waals surface area contributed by atoms with Gasteiger partial charge in [-0.3, -0.25) is 4.99 Å². The fraction of sp³-hybridized carbons (Fsp3) is 0.500. The first-order chi connectivity index (χ1) is 10.4. The quantitative estimate of drug-likeness (QED) is 0.661. The number of ether oxygens (including phenoxy) is 1. The molecular weight excluding hydrogens is 297 g/mol. The van der Waals surface area contributed by atoms with Gasteiger partial charge in [-0.05, 0) is 18.6 Å². The second kappa shape index (κ2) is 6.76. The van der Waals surface area contributed by atoms with Gasteiger partial charge in [0.15, 0.2) is 5.96 Å². The fourth-order valence-corrected chi connectivity index (χ4v) is 2.43. The van der Waals surface area contributed by atoms with Crippen molar-refractivity contribution in [1.29, 1.82) is 0 Å². The van der Waals surface area contributed by atoms with Gasteiger partial charge in [-0.2, -0.15) is 0 Å². The Labute approximate surface area is 127 Å². The normalized spacial score (nSPS) is 19.2. The van der Waals surface area contributed by atoms with E-state index in [2.05, 4.69) is 20.4 Å². The molecule has 0 spiro atoms. The zero-order valence-electron chi connectivity index (χ0n) is 12.4. The summed E-state index contributed by atoms with van der Waals surface area (Å²) in [5.74, 6) is 0.494. The summed E-state index contributed by atoms with van der Waals surface area (Å²) in [5, 5.41) is 6.20. The SMILES string of the molecule is CN=C(NC)N[C@@H]1CCN(c2cccc(OC(F)(F)F)c2)C1. The molecule has 1 aromatic rings. The average molecular weight is 316 g/mol. The Kier molecular flexibility index (Phi) is 4.99. The zero-order valence-corrected chi connectivity index (χ0v) is 12.4. The molecular formula is C14H19F3N4O. The smallest absolute Gasteiger partial charge is 0.406 e. The Morgan fingerprint density at radius 3 is 2.82 bits per heavy atom. The minimum Gasteiger partial charge on any atom is -0.406 e. The van der Waals surface area contributed by atoms with Crippen molar-refractivity contribution >= 4 is 11.6 Å². The summed E-state index contributed by atoms with van der Waals surface area (Å²) in [6.07, 6.45) is -3.79. The number of nitrogens with one attached hydrogen (secondary N) is 2. The highest BCUT2D eigenvalue weighted by molar-refractivity contribution is 5.79. The van der Waals surface area contributed by atoms with Gasteiger partial charge in [0.05, 0.1) is 0 Å². The number of alkyl halides is 3. The van der Waals surface area contributed by atoms with Crippen molar-refractivity contribution in [3.05, 3.63) is 24.3 Å². The summed E-state index contributed by atoms with van der Waals surface area (Å²) in [7, 11) is 3.46. The van der Waals surface area contributed by atoms with Crippen molar-refractivity contribution < 1.29 is 17.9 Å². The monoisotopic (exact) mass is 316 g/mol. The first kappa shape index (κ1) is 16.3. The van der Waals surface area contributed by atoms with Crippen molar-refractivity contribution in [2.45, 2.75) is 18.8 Å². The molecule has 2 N–H and O–H groups in total. The standard InChI is InChI=1S/C14H19F3N4O/c1-18-13(19-2)20-10-6-7-21(9-10)11-4-3-5-12(8-11)22-14(15,16)17/h3-5,8,10H,6-7,9H2,1-2H3,(H2,18,19,20)/t10-/m1/s1. The molecule has 0 unspecified atom stereocenters. The van der Waals surface area contributed by atoms with E-state index in [1.807, 2.05) is 4.90 Å². The highest BCUT2D eigenvalue weighted by Crippen LogP contribution is 2.28. The molecule has 0 aromatic heterocycles. The van der Waals surface area contributed by atoms with E-state index in [9.17, 15) is 13.2 Å². The number of halogens is 3. The van der Waals surface area contributed by atoms with Crippen molar-refractivity contribution in [2.75, 3.05) is 32.1 Å². The molecule has 0 amide bonds. The minimum atomic E-state index is -4.67. The molecule has 8 heteroatoms. The van der Waals surface area contributed by atoms with E-state index in [1.165, 1.54) is 12.1 Å². The van der Waals surface area contributed by atoms with Gasteiger partial charge in [0.2, 0.25) is 0 Å². The van der Waals surface area contributed by atoms with Gasteiger partial charge >= 0.3 is 6.36 Å². The van der Waals surface area contributed by atoms with E-state index in [0.29, 0.717) is 18.2 Å². The Bertz CT molecular complexity index is 533. The van der Waals surface area contributed by atoms with E-state index in [1.54, 1.807) is 26.2 Å². The average Bonchev–Trinajstić information content (AvgIpc) is 2.92. The van der Waals surface area contributed by atoms with Crippen LogP contribution in [0.1, 0.15) is 6.42 Å². The molecule has 0 aliphatic carbocycles. The van der Waals surface area contributed by atoms with Crippen molar-refractivity contribution in [3.63, 3.8) is 0 Å². The lowest BCUT2D eigenvalue weighted by Crippen LogP contribution is -2.43. The number of nitrogens with zero attached hydrogens (tertiary/aromatic N) is 2. The van der Waals surface area contributed by atoms with E-state index >= 15 is 0 Å². The third-order valence-electron chi connectivity index (χ3n) is 3.41. The van der Waals surface area contributed by atoms with Crippen LogP contribution in [0.3, 0.4) is 0 Å². The molecule has 0 bridgehead atoms. The summed E-state index contributed by atoms with van der Waals surface area (Å²) < 4.78 is 40.8. The van der Waals surface area contributed by atoms with E-state index in [0.717, 1.165) is 13.0 Å². The molecule has 1 saturated heterocycles. The molecule has 122 valence electrons. The second-order valence-corrected chi connectivity index (χ2v) is 4.94. The number of benzene rings is 1. The van der Waals surface area contributed by atoms with Crippen LogP contribution in [0.2, 0.25) is 0 Å². The van der Waals surface area contributed by atoms with Crippen LogP contribution in [0, 0.1) is 0 Å². The minimum absolute atomic E-state index is 0.193. The lowest BCUT2D eigenvalue weighted by molar-refractivity contribution is -0.274. The van der Waals surface area contributed by atoms with E-state index in [4.69, 9.17) is 0 Å². The Balaban J connectivity index is 2.00. The van der Waals surface area contributed by atoms with Crippen LogP contribution in [0.15, 0.2) is 29.3 Å². The highest BCUT2D eigenvalue weighted by atomic mass is 19.4. The third kappa shape index (κ3) is 4.44. The number of hydrogen-bond acceptors (Lipinski definition) is 3. The van der Waals surface area contributed by atoms with Crippen molar-refractivity contribution in [2.24, 2.45) is 4.99 Å². The Hall–Kier alpha value is -2.12. The first-order valence-electron chi connectivity index (χ1n) is 6.93. The number of rotatable bonds is 3. The largest absolute Gasteiger partial charge is 0.573 e. The molecule has 1 aromatic carbocycles. The summed E-state index contributed by atoms with van der Waals surface area (Å²) in [6, 6.07) is 6.23. The molecule has 0 radical (unpaired) electrons. The summed E-state index contributed by atoms with van der Waals surface area (Å²) in [6.45, 7) is 1.45. The van der Waals surface area contributed by atoms with Gasteiger partial charge in [-0.1, -0.05) is 6.07 Å². The lowest BCUT2D eigenvalue weighted by Gasteiger charge is -2.20. The zero-order chi connectivity index (χ0) is 16.2. The second-order valence-electron chi connectivity index (χ2n) is 4.94. The van der Waals surface area contributed by atoms with Gasteiger partial charge in [-0.25, -0.2) is 0 Å². The number of anilines is 1. The maximum atomic E-state index is 12.3. The molecule has 1 heterocycles. The highest BCUT2D eigenvalue weighted by Gasteiger charge is 2.31. The molecule has 1 fully saturated rings. The molecule has 1 aliphatic heterocycles. The predicted molar refractivity (Wildman–Crippen MR) is 79.3 cm³/mol. The van der Waals surface area contributed by atoms with Crippen molar-refractivity contribution in [3.8, 4) is 5.75 Å². The lowest BCUT2D eigenvalue weighted by atomic mass is 10.2. The van der Waals surface area contributed by atoms with Crippen LogP contribution in [-0.4, -0.2) is 45.5 Å². The number of guanidine groups is 1. The van der Waals surface area contributed by atoms with E-state index in [-0.39, 0.29) is 11.8 Å². The van der Waals surface area contributed by atoms with Crippen LogP contribution >= 0.6 is 0 Å². The molecule has 2 rings (SSSR count). The third-order valence-corrected chi connectivity index (χ3v) is 3.41. The molecule has 1 atom stereocenters. The molecule has 22 heavy (non-hydrogen) atoms. The summed E-state index contributed by atoms with van der Waals surface area (Å²) in [5.41, 5.74) is 0.713. The first-order valence-corrected chi connectivity index (χ1v) is 6.93. The predicted octanol–water partition coefficient (Wildman–Crippen LogP) is 1.96. The topological polar surface area (TPSA) is 48.9 Å². The van der Waals surface area contributed by atoms with Crippen LogP contribution in [-0.2, 0) is 0 Å². The van der Waals surface area contributed by atoms with Crippen molar-refractivity contribution in [1.82, 2.24) is 10.6 Å². The maximum absolute atomic E-state index is 12.3. The van der Waals surface area contributed by atoms with Crippen LogP contribution in [0.5, 0.6) is 5.75 Å². The maximum Gasteiger partial charge on any atom is 0.573 e. The Morgan fingerprint density at radius 1 is 1.41 bits per heavy atom. The number of hydrogen-bond donors (Lipinski definition) is 2. The van der Waals surface area contributed by atoms with Gasteiger partial charge < -0.3 is 20.3 Å². The van der Waals surface area contributed by atoms with Crippen LogP contribution in [0.4, 0.5) is 18.9 Å². The fourth-order valence-electron chi connectivity index (χ4n) is 2.43. The number of aliphatic imine (C=N–C) groups is 1. The van der Waals surface area contributed by atoms with Gasteiger partial charge in [0.1, 0.15) is 5.75 Å². The van der Waals surface area contributed by atoms with Crippen LogP contribution < -0.4 is 20.3 Å². The molecule has 5 nitrogen and oxygen atoms in total. The summed E-state index contributed by atoms with van der Waals surface area (Å²) in [4.78, 5) is 6.07. The van der Waals surface area contributed by atoms with E-state index < -0.39 is 6.36 Å². The van der Waals surface area contributed by atoms with Gasteiger partial charge in [-0.15, -0.1) is 13.2 Å². The molecule has 1 aliphatic rings. The van der Waals surface area contributed by atoms with Gasteiger partial charge in [0, 0.05) is 45.0 Å². The van der Waals surface area contributed by atoms with Gasteiger partial charge in [0.25, 0.3) is 0 Å². The van der Waals surface area contributed by atoms with Crippen LogP contribution in [0.25, 0.3) is 0 Å². The Morgan fingerprint density at radius 2 is 2.18 bits per heavy atom. The summed E-state index contributed by atoms with van der Waals surface area (Å²) >= 11 is 0.